The second-order valence-corrected chi connectivity index (χ2v) is 4.45. The Morgan fingerprint density at radius 2 is 1.88 bits per heavy atom. The molecule has 0 amide bonds. The maximum Gasteiger partial charge on any atom is 0.133 e. The van der Waals surface area contributed by atoms with Crippen LogP contribution in [0.2, 0.25) is 0 Å². The molecule has 0 aromatic heterocycles. The highest BCUT2D eigenvalue weighted by atomic mass is 16.1. The van der Waals surface area contributed by atoms with Crippen LogP contribution in [-0.4, -0.2) is 5.78 Å². The van der Waals surface area contributed by atoms with E-state index < -0.39 is 0 Å². The van der Waals surface area contributed by atoms with E-state index in [1.165, 1.54) is 5.56 Å². The molecule has 0 fully saturated rings. The summed E-state index contributed by atoms with van der Waals surface area (Å²) in [6.45, 7) is 0. The molecule has 0 saturated carbocycles. The van der Waals surface area contributed by atoms with E-state index in [0.717, 1.165) is 25.7 Å². The average Bonchev–Trinajstić information content (AvgIpc) is 2.42. The smallest absolute Gasteiger partial charge is 0.133 e. The highest BCUT2D eigenvalue weighted by Crippen LogP contribution is 2.26. The van der Waals surface area contributed by atoms with Gasteiger partial charge in [0, 0.05) is 12.8 Å². The van der Waals surface area contributed by atoms with Gasteiger partial charge < -0.3 is 0 Å². The van der Waals surface area contributed by atoms with Crippen LogP contribution in [0.15, 0.2) is 42.5 Å². The van der Waals surface area contributed by atoms with Crippen molar-refractivity contribution in [2.75, 3.05) is 0 Å². The molecule has 16 heavy (non-hydrogen) atoms. The molecule has 1 aromatic carbocycles. The molecule has 1 aliphatic carbocycles. The Hall–Kier alpha value is -1.37. The van der Waals surface area contributed by atoms with Crippen LogP contribution < -0.4 is 0 Å². The molecule has 1 heteroatoms. The van der Waals surface area contributed by atoms with Crippen molar-refractivity contribution >= 4 is 5.78 Å². The first-order chi connectivity index (χ1) is 7.86. The van der Waals surface area contributed by atoms with E-state index in [-0.39, 0.29) is 0 Å². The summed E-state index contributed by atoms with van der Waals surface area (Å²) in [5.74, 6) is 0.792. The Kier molecular flexibility index (Phi) is 3.92. The van der Waals surface area contributed by atoms with Crippen LogP contribution in [0.4, 0.5) is 0 Å². The lowest BCUT2D eigenvalue weighted by atomic mass is 9.90. The van der Waals surface area contributed by atoms with E-state index in [9.17, 15) is 4.79 Å². The summed E-state index contributed by atoms with van der Waals surface area (Å²) in [7, 11) is 0. The summed E-state index contributed by atoms with van der Waals surface area (Å²) in [5, 5.41) is 0. The fraction of sp³-hybridized carbons (Fsp3) is 0.400. The van der Waals surface area contributed by atoms with Gasteiger partial charge in [0.05, 0.1) is 0 Å². The third-order valence-corrected chi connectivity index (χ3v) is 3.16. The zero-order valence-corrected chi connectivity index (χ0v) is 9.56. The Bertz CT molecular complexity index is 364. The SMILES string of the molecule is O=C1CCC/C=C/CC(c2ccccc2)C1. The number of allylic oxidation sites excluding steroid dienone is 2. The van der Waals surface area contributed by atoms with E-state index >= 15 is 0 Å². The van der Waals surface area contributed by atoms with Crippen LogP contribution in [0.3, 0.4) is 0 Å². The lowest BCUT2D eigenvalue weighted by molar-refractivity contribution is -0.119. The van der Waals surface area contributed by atoms with Gasteiger partial charge in [0.2, 0.25) is 0 Å². The van der Waals surface area contributed by atoms with E-state index in [4.69, 9.17) is 0 Å². The van der Waals surface area contributed by atoms with Gasteiger partial charge in [-0.3, -0.25) is 4.79 Å². The Balaban J connectivity index is 2.14. The minimum Gasteiger partial charge on any atom is -0.300 e. The van der Waals surface area contributed by atoms with Crippen molar-refractivity contribution in [2.45, 2.75) is 38.0 Å². The number of ketones is 1. The van der Waals surface area contributed by atoms with Crippen molar-refractivity contribution in [3.63, 3.8) is 0 Å². The average molecular weight is 214 g/mol. The Labute approximate surface area is 97.2 Å². The van der Waals surface area contributed by atoms with Gasteiger partial charge in [0.15, 0.2) is 0 Å². The van der Waals surface area contributed by atoms with E-state index in [2.05, 4.69) is 36.4 Å². The molecule has 1 aliphatic rings. The molecule has 1 aromatic rings. The molecule has 1 nitrogen and oxygen atoms in total. The number of Topliss-reactive ketones (excluding diaryl/α,β-unsaturated/α-hetero) is 1. The molecular formula is C15H18O. The van der Waals surface area contributed by atoms with Crippen LogP contribution in [0.1, 0.15) is 43.6 Å². The van der Waals surface area contributed by atoms with E-state index in [1.807, 2.05) is 6.07 Å². The standard InChI is InChI=1S/C15H18O/c16-15-11-7-2-1-4-10-14(12-15)13-8-5-3-6-9-13/h1,3-6,8-9,14H,2,7,10-12H2/b4-1+. The molecule has 2 rings (SSSR count). The highest BCUT2D eigenvalue weighted by molar-refractivity contribution is 5.79. The number of hydrogen-bond donors (Lipinski definition) is 0. The first-order valence-electron chi connectivity index (χ1n) is 6.08. The predicted molar refractivity (Wildman–Crippen MR) is 66.4 cm³/mol. The fourth-order valence-electron chi connectivity index (χ4n) is 2.23. The fourth-order valence-corrected chi connectivity index (χ4v) is 2.23. The maximum absolute atomic E-state index is 11.7. The molecule has 1 atom stereocenters. The molecule has 84 valence electrons. The van der Waals surface area contributed by atoms with Gasteiger partial charge >= 0.3 is 0 Å². The summed E-state index contributed by atoms with van der Waals surface area (Å²) in [6.07, 6.45) is 8.95. The van der Waals surface area contributed by atoms with E-state index in [0.29, 0.717) is 18.1 Å². The zero-order chi connectivity index (χ0) is 11.2. The highest BCUT2D eigenvalue weighted by Gasteiger charge is 2.15. The van der Waals surface area contributed by atoms with Crippen LogP contribution in [0.25, 0.3) is 0 Å². The normalized spacial score (nSPS) is 24.2. The van der Waals surface area contributed by atoms with Crippen LogP contribution in [0, 0.1) is 0 Å². The number of carbonyl (C=O) groups excluding carboxylic acids is 1. The second kappa shape index (κ2) is 5.64. The Morgan fingerprint density at radius 3 is 2.69 bits per heavy atom. The largest absolute Gasteiger partial charge is 0.300 e. The van der Waals surface area contributed by atoms with Crippen molar-refractivity contribution in [1.29, 1.82) is 0 Å². The number of benzene rings is 1. The summed E-state index contributed by atoms with van der Waals surface area (Å²) < 4.78 is 0. The van der Waals surface area contributed by atoms with Gasteiger partial charge in [-0.2, -0.15) is 0 Å². The van der Waals surface area contributed by atoms with Gasteiger partial charge in [0.25, 0.3) is 0 Å². The van der Waals surface area contributed by atoms with Crippen LogP contribution in [-0.2, 0) is 4.79 Å². The topological polar surface area (TPSA) is 17.1 Å². The zero-order valence-electron chi connectivity index (χ0n) is 9.56. The maximum atomic E-state index is 11.7. The van der Waals surface area contributed by atoms with Crippen molar-refractivity contribution in [2.24, 2.45) is 0 Å². The molecule has 0 spiro atoms. The lowest BCUT2D eigenvalue weighted by Crippen LogP contribution is -2.06. The summed E-state index contributed by atoms with van der Waals surface area (Å²) in [4.78, 5) is 11.7. The summed E-state index contributed by atoms with van der Waals surface area (Å²) >= 11 is 0. The first kappa shape index (κ1) is 11.1. The molecule has 0 heterocycles. The minimum absolute atomic E-state index is 0.378. The lowest BCUT2D eigenvalue weighted by Gasteiger charge is -2.14. The third-order valence-electron chi connectivity index (χ3n) is 3.16. The van der Waals surface area contributed by atoms with Crippen LogP contribution in [0.5, 0.6) is 0 Å². The third kappa shape index (κ3) is 3.06. The minimum atomic E-state index is 0.378. The van der Waals surface area contributed by atoms with Gasteiger partial charge in [0.1, 0.15) is 5.78 Å². The van der Waals surface area contributed by atoms with Gasteiger partial charge in [-0.25, -0.2) is 0 Å². The van der Waals surface area contributed by atoms with Crippen molar-refractivity contribution < 1.29 is 4.79 Å². The number of rotatable bonds is 1. The quantitative estimate of drug-likeness (QED) is 0.649. The molecular weight excluding hydrogens is 196 g/mol. The van der Waals surface area contributed by atoms with E-state index in [1.54, 1.807) is 0 Å². The van der Waals surface area contributed by atoms with Crippen molar-refractivity contribution in [1.82, 2.24) is 0 Å². The molecule has 0 saturated heterocycles. The molecule has 0 bridgehead atoms. The molecule has 0 aliphatic heterocycles. The summed E-state index contributed by atoms with van der Waals surface area (Å²) in [5.41, 5.74) is 1.29. The number of carbonyl (C=O) groups is 1. The summed E-state index contributed by atoms with van der Waals surface area (Å²) in [6, 6.07) is 10.4. The Morgan fingerprint density at radius 1 is 1.06 bits per heavy atom. The molecule has 0 radical (unpaired) electrons. The molecule has 1 unspecified atom stereocenters. The van der Waals surface area contributed by atoms with Gasteiger partial charge in [-0.05, 0) is 30.7 Å². The monoisotopic (exact) mass is 214 g/mol. The van der Waals surface area contributed by atoms with Gasteiger partial charge in [-0.1, -0.05) is 42.5 Å². The van der Waals surface area contributed by atoms with Crippen LogP contribution >= 0.6 is 0 Å². The van der Waals surface area contributed by atoms with Gasteiger partial charge in [-0.15, -0.1) is 0 Å². The molecule has 0 N–H and O–H groups in total. The first-order valence-corrected chi connectivity index (χ1v) is 6.08. The van der Waals surface area contributed by atoms with Crippen molar-refractivity contribution in [3.05, 3.63) is 48.0 Å². The second-order valence-electron chi connectivity index (χ2n) is 4.45. The van der Waals surface area contributed by atoms with Crippen molar-refractivity contribution in [3.8, 4) is 0 Å². The predicted octanol–water partition coefficient (Wildman–Crippen LogP) is 3.86. The number of hydrogen-bond acceptors (Lipinski definition) is 1.